The summed E-state index contributed by atoms with van der Waals surface area (Å²) in [6.45, 7) is 2.34. The first-order chi connectivity index (χ1) is 10.7. The fourth-order valence-electron chi connectivity index (χ4n) is 1.53. The van der Waals surface area contributed by atoms with Crippen molar-refractivity contribution in [2.75, 3.05) is 11.1 Å². The van der Waals surface area contributed by atoms with Crippen LogP contribution in [0.15, 0.2) is 24.3 Å². The molecule has 0 fully saturated rings. The Bertz CT molecular complexity index is 701. The maximum absolute atomic E-state index is 12.9. The molecule has 0 bridgehead atoms. The summed E-state index contributed by atoms with van der Waals surface area (Å²) in [6, 6.07) is 5.56. The van der Waals surface area contributed by atoms with Gasteiger partial charge >= 0.3 is 5.97 Å². The average Bonchev–Trinajstić information content (AvgIpc) is 2.45. The Labute approximate surface area is 131 Å². The van der Waals surface area contributed by atoms with Gasteiger partial charge in [0.05, 0.1) is 0 Å². The number of nitrogens with zero attached hydrogens (tertiary/aromatic N) is 3. The standard InChI is InChI=1S/C14H16FN5O3/c1-14(2,22)11(21)23-7-10-18-12(16)20-13(19-10)17-9-5-3-8(15)4-6-9/h3-6,22H,7H2,1-2H3,(H3,16,17,18,19,20). The van der Waals surface area contributed by atoms with Crippen LogP contribution < -0.4 is 11.1 Å². The van der Waals surface area contributed by atoms with Crippen molar-refractivity contribution in [3.63, 3.8) is 0 Å². The van der Waals surface area contributed by atoms with E-state index in [-0.39, 0.29) is 30.1 Å². The van der Waals surface area contributed by atoms with Gasteiger partial charge in [-0.25, -0.2) is 9.18 Å². The van der Waals surface area contributed by atoms with Crippen molar-refractivity contribution in [1.82, 2.24) is 15.0 Å². The number of halogens is 1. The van der Waals surface area contributed by atoms with Crippen LogP contribution in [0, 0.1) is 5.82 Å². The molecule has 0 saturated heterocycles. The van der Waals surface area contributed by atoms with E-state index >= 15 is 0 Å². The lowest BCUT2D eigenvalue weighted by molar-refractivity contribution is -0.163. The van der Waals surface area contributed by atoms with Crippen molar-refractivity contribution in [1.29, 1.82) is 0 Å². The molecule has 0 radical (unpaired) electrons. The zero-order valence-corrected chi connectivity index (χ0v) is 12.6. The topological polar surface area (TPSA) is 123 Å². The van der Waals surface area contributed by atoms with E-state index in [0.29, 0.717) is 5.69 Å². The fourth-order valence-corrected chi connectivity index (χ4v) is 1.53. The predicted octanol–water partition coefficient (Wildman–Crippen LogP) is 1.15. The first-order valence-electron chi connectivity index (χ1n) is 6.66. The average molecular weight is 321 g/mol. The second kappa shape index (κ2) is 6.53. The molecule has 1 heterocycles. The molecule has 8 nitrogen and oxygen atoms in total. The summed E-state index contributed by atoms with van der Waals surface area (Å²) in [7, 11) is 0. The number of aromatic nitrogens is 3. The van der Waals surface area contributed by atoms with Crippen molar-refractivity contribution < 1.29 is 19.0 Å². The summed E-state index contributed by atoms with van der Waals surface area (Å²) >= 11 is 0. The lowest BCUT2D eigenvalue weighted by Gasteiger charge is -2.15. The Balaban J connectivity index is 2.09. The van der Waals surface area contributed by atoms with Crippen LogP contribution in [0.3, 0.4) is 0 Å². The van der Waals surface area contributed by atoms with Crippen molar-refractivity contribution in [3.05, 3.63) is 35.9 Å². The number of nitrogens with two attached hydrogens (primary N) is 1. The number of ether oxygens (including phenoxy) is 1. The summed E-state index contributed by atoms with van der Waals surface area (Å²) in [5.41, 5.74) is 4.51. The number of carbonyl (C=O) groups excluding carboxylic acids is 1. The maximum atomic E-state index is 12.9. The van der Waals surface area contributed by atoms with Crippen LogP contribution in [-0.2, 0) is 16.1 Å². The number of hydrogen-bond donors (Lipinski definition) is 3. The third kappa shape index (κ3) is 4.85. The van der Waals surface area contributed by atoms with Gasteiger partial charge in [-0.3, -0.25) is 0 Å². The van der Waals surface area contributed by atoms with Crippen LogP contribution >= 0.6 is 0 Å². The second-order valence-electron chi connectivity index (χ2n) is 5.20. The second-order valence-corrected chi connectivity index (χ2v) is 5.20. The molecule has 4 N–H and O–H groups in total. The van der Waals surface area contributed by atoms with E-state index in [1.165, 1.54) is 38.1 Å². The Kier molecular flexibility index (Phi) is 4.70. The summed E-state index contributed by atoms with van der Waals surface area (Å²) in [5.74, 6) is -1.02. The van der Waals surface area contributed by atoms with E-state index < -0.39 is 11.6 Å². The molecule has 23 heavy (non-hydrogen) atoms. The Hall–Kier alpha value is -2.81. The molecule has 0 aliphatic heterocycles. The number of benzene rings is 1. The molecule has 0 unspecified atom stereocenters. The van der Waals surface area contributed by atoms with Gasteiger partial charge in [0.15, 0.2) is 18.0 Å². The normalized spacial score (nSPS) is 11.1. The number of nitrogen functional groups attached to an aromatic ring is 1. The molecule has 122 valence electrons. The van der Waals surface area contributed by atoms with Crippen LogP contribution in [0.2, 0.25) is 0 Å². The molecule has 2 rings (SSSR count). The van der Waals surface area contributed by atoms with Crippen molar-refractivity contribution in [2.24, 2.45) is 0 Å². The van der Waals surface area contributed by atoms with Crippen LogP contribution in [-0.4, -0.2) is 31.6 Å². The molecule has 1 aromatic carbocycles. The lowest BCUT2D eigenvalue weighted by atomic mass is 10.1. The summed E-state index contributed by atoms with van der Waals surface area (Å²) in [6.07, 6.45) is 0. The zero-order chi connectivity index (χ0) is 17.0. The van der Waals surface area contributed by atoms with Crippen molar-refractivity contribution in [2.45, 2.75) is 26.1 Å². The number of hydrogen-bond acceptors (Lipinski definition) is 8. The largest absolute Gasteiger partial charge is 0.455 e. The summed E-state index contributed by atoms with van der Waals surface area (Å²) < 4.78 is 17.8. The van der Waals surface area contributed by atoms with Gasteiger partial charge < -0.3 is 20.9 Å². The van der Waals surface area contributed by atoms with Gasteiger partial charge in [-0.15, -0.1) is 0 Å². The number of esters is 1. The van der Waals surface area contributed by atoms with Gasteiger partial charge in [-0.1, -0.05) is 0 Å². The highest BCUT2D eigenvalue weighted by Crippen LogP contribution is 2.14. The van der Waals surface area contributed by atoms with Gasteiger partial charge in [-0.05, 0) is 38.1 Å². The van der Waals surface area contributed by atoms with Gasteiger partial charge in [0, 0.05) is 5.69 Å². The smallest absolute Gasteiger partial charge is 0.337 e. The Morgan fingerprint density at radius 1 is 1.30 bits per heavy atom. The highest BCUT2D eigenvalue weighted by atomic mass is 19.1. The van der Waals surface area contributed by atoms with Crippen LogP contribution in [0.1, 0.15) is 19.7 Å². The van der Waals surface area contributed by atoms with E-state index in [1.807, 2.05) is 0 Å². The Morgan fingerprint density at radius 2 is 1.96 bits per heavy atom. The molecule has 2 aromatic rings. The first kappa shape index (κ1) is 16.6. The number of aliphatic hydroxyl groups is 1. The molecule has 0 spiro atoms. The molecular weight excluding hydrogens is 305 g/mol. The van der Waals surface area contributed by atoms with Gasteiger partial charge in [0.25, 0.3) is 0 Å². The number of anilines is 3. The SMILES string of the molecule is CC(C)(O)C(=O)OCc1nc(N)nc(Nc2ccc(F)cc2)n1. The maximum Gasteiger partial charge on any atom is 0.337 e. The van der Waals surface area contributed by atoms with Gasteiger partial charge in [-0.2, -0.15) is 15.0 Å². The number of nitrogens with one attached hydrogen (secondary N) is 1. The van der Waals surface area contributed by atoms with Gasteiger partial charge in [0.1, 0.15) is 5.82 Å². The van der Waals surface area contributed by atoms with Crippen LogP contribution in [0.5, 0.6) is 0 Å². The van der Waals surface area contributed by atoms with Crippen LogP contribution in [0.25, 0.3) is 0 Å². The minimum Gasteiger partial charge on any atom is -0.455 e. The monoisotopic (exact) mass is 321 g/mol. The minimum absolute atomic E-state index is 0.0704. The van der Waals surface area contributed by atoms with E-state index in [0.717, 1.165) is 0 Å². The number of carbonyl (C=O) groups is 1. The molecule has 9 heteroatoms. The van der Waals surface area contributed by atoms with E-state index in [1.54, 1.807) is 0 Å². The highest BCUT2D eigenvalue weighted by molar-refractivity contribution is 5.78. The van der Waals surface area contributed by atoms with Gasteiger partial charge in [0.2, 0.25) is 11.9 Å². The summed E-state index contributed by atoms with van der Waals surface area (Å²) in [5, 5.41) is 12.3. The molecule has 0 saturated carbocycles. The number of rotatable bonds is 5. The van der Waals surface area contributed by atoms with Crippen molar-refractivity contribution >= 4 is 23.6 Å². The third-order valence-electron chi connectivity index (χ3n) is 2.63. The molecule has 1 aromatic heterocycles. The lowest BCUT2D eigenvalue weighted by Crippen LogP contribution is -2.33. The molecule has 0 aliphatic carbocycles. The third-order valence-corrected chi connectivity index (χ3v) is 2.63. The quantitative estimate of drug-likeness (QED) is 0.701. The highest BCUT2D eigenvalue weighted by Gasteiger charge is 2.26. The zero-order valence-electron chi connectivity index (χ0n) is 12.6. The summed E-state index contributed by atoms with van der Waals surface area (Å²) in [4.78, 5) is 23.3. The van der Waals surface area contributed by atoms with Crippen molar-refractivity contribution in [3.8, 4) is 0 Å². The van der Waals surface area contributed by atoms with E-state index in [9.17, 15) is 14.3 Å². The predicted molar refractivity (Wildman–Crippen MR) is 80.0 cm³/mol. The van der Waals surface area contributed by atoms with E-state index in [2.05, 4.69) is 20.3 Å². The Morgan fingerprint density at radius 3 is 2.57 bits per heavy atom. The van der Waals surface area contributed by atoms with Crippen LogP contribution in [0.4, 0.5) is 22.0 Å². The molecule has 0 amide bonds. The molecule has 0 aliphatic rings. The molecular formula is C14H16FN5O3. The first-order valence-corrected chi connectivity index (χ1v) is 6.66. The minimum atomic E-state index is -1.62. The fraction of sp³-hybridized carbons (Fsp3) is 0.286. The van der Waals surface area contributed by atoms with E-state index in [4.69, 9.17) is 10.5 Å². The molecule has 0 atom stereocenters.